The molecule has 1 heterocycles. The van der Waals surface area contributed by atoms with Crippen LogP contribution in [0, 0.1) is 0 Å². The van der Waals surface area contributed by atoms with E-state index in [1.165, 1.54) is 0 Å². The Morgan fingerprint density at radius 1 is 1.09 bits per heavy atom. The third-order valence-corrected chi connectivity index (χ3v) is 4.86. The number of nitrogens with one attached hydrogen (secondary N) is 3. The van der Waals surface area contributed by atoms with Crippen LogP contribution < -0.4 is 27.4 Å². The molecule has 198 valence electrons. The van der Waals surface area contributed by atoms with Gasteiger partial charge in [0.25, 0.3) is 0 Å². The van der Waals surface area contributed by atoms with Crippen LogP contribution in [-0.2, 0) is 14.4 Å². The number of aliphatic carboxylic acids is 2. The van der Waals surface area contributed by atoms with E-state index in [1.54, 1.807) is 0 Å². The lowest BCUT2D eigenvalue weighted by Gasteiger charge is -2.22. The Morgan fingerprint density at radius 3 is 2.31 bits per heavy atom. The summed E-state index contributed by atoms with van der Waals surface area (Å²) in [7, 11) is 0. The molecule has 0 radical (unpaired) electrons. The minimum absolute atomic E-state index is 0.115. The second-order valence-electron chi connectivity index (χ2n) is 7.78. The van der Waals surface area contributed by atoms with Gasteiger partial charge in [0.1, 0.15) is 12.1 Å². The minimum Gasteiger partial charge on any atom is -0.481 e. The molecule has 0 aliphatic carbocycles. The van der Waals surface area contributed by atoms with E-state index in [0.29, 0.717) is 13.0 Å². The van der Waals surface area contributed by atoms with Crippen molar-refractivity contribution in [1.29, 1.82) is 0 Å². The number of hydrogen-bond acceptors (Lipinski definition) is 11. The highest BCUT2D eigenvalue weighted by Crippen LogP contribution is 2.20. The Hall–Kier alpha value is -3.34. The predicted molar refractivity (Wildman–Crippen MR) is 118 cm³/mol. The van der Waals surface area contributed by atoms with Gasteiger partial charge in [0.2, 0.25) is 11.8 Å². The zero-order valence-electron chi connectivity index (χ0n) is 19.2. The van der Waals surface area contributed by atoms with E-state index in [9.17, 15) is 29.4 Å². The molecule has 0 aliphatic heterocycles. The molecule has 0 aliphatic rings. The number of carbonyl (C=O) groups is 4. The van der Waals surface area contributed by atoms with Gasteiger partial charge in [0.05, 0.1) is 18.8 Å². The molecule has 0 saturated carbocycles. The highest BCUT2D eigenvalue weighted by molar-refractivity contribution is 5.90. The van der Waals surface area contributed by atoms with Crippen LogP contribution in [0.25, 0.3) is 0 Å². The molecule has 0 bridgehead atoms. The van der Waals surface area contributed by atoms with Crippen LogP contribution in [0.5, 0.6) is 0 Å². The maximum atomic E-state index is 12.5. The Kier molecular flexibility index (Phi) is 12.6. The first-order valence-corrected chi connectivity index (χ1v) is 10.9. The number of unbranched alkanes of at least 4 members (excludes halogenated alkanes) is 1. The summed E-state index contributed by atoms with van der Waals surface area (Å²) < 4.78 is 5.15. The summed E-state index contributed by atoms with van der Waals surface area (Å²) in [4.78, 5) is 51.0. The van der Waals surface area contributed by atoms with Gasteiger partial charge in [-0.3, -0.25) is 9.59 Å². The van der Waals surface area contributed by atoms with Gasteiger partial charge >= 0.3 is 18.0 Å². The molecular formula is C19H33N7O9. The molecule has 0 spiro atoms. The van der Waals surface area contributed by atoms with E-state index in [1.807, 2.05) is 5.32 Å². The summed E-state index contributed by atoms with van der Waals surface area (Å²) in [6, 6.07) is -5.90. The van der Waals surface area contributed by atoms with Crippen molar-refractivity contribution >= 4 is 23.9 Å². The van der Waals surface area contributed by atoms with Gasteiger partial charge in [-0.1, -0.05) is 11.6 Å². The lowest BCUT2D eigenvalue weighted by Crippen LogP contribution is -2.57. The van der Waals surface area contributed by atoms with Crippen LogP contribution >= 0.6 is 0 Å². The maximum Gasteiger partial charge on any atom is 0.328 e. The normalized spacial score (nSPS) is 15.3. The van der Waals surface area contributed by atoms with Crippen molar-refractivity contribution in [2.45, 2.75) is 69.3 Å². The van der Waals surface area contributed by atoms with Gasteiger partial charge in [0, 0.05) is 6.42 Å². The topological polar surface area (TPSA) is 276 Å². The zero-order chi connectivity index (χ0) is 26.5. The highest BCUT2D eigenvalue weighted by atomic mass is 16.5. The van der Waals surface area contributed by atoms with Gasteiger partial charge < -0.3 is 52.4 Å². The number of rotatable bonds is 16. The number of nitrogens with zero attached hydrogens (tertiary/aromatic N) is 2. The van der Waals surface area contributed by atoms with Crippen molar-refractivity contribution in [3.8, 4) is 0 Å². The fourth-order valence-corrected chi connectivity index (χ4v) is 2.90. The molecule has 0 saturated heterocycles. The quantitative estimate of drug-likeness (QED) is 0.108. The second-order valence-corrected chi connectivity index (χ2v) is 7.78. The summed E-state index contributed by atoms with van der Waals surface area (Å²) in [6.45, 7) is 0.750. The fourth-order valence-electron chi connectivity index (χ4n) is 2.90. The van der Waals surface area contributed by atoms with Crippen molar-refractivity contribution in [2.75, 3.05) is 13.2 Å². The molecule has 1 aromatic rings. The summed E-state index contributed by atoms with van der Waals surface area (Å²) >= 11 is 0. The van der Waals surface area contributed by atoms with E-state index >= 15 is 0 Å². The van der Waals surface area contributed by atoms with Crippen molar-refractivity contribution in [1.82, 2.24) is 26.1 Å². The van der Waals surface area contributed by atoms with Crippen LogP contribution in [0.4, 0.5) is 4.79 Å². The van der Waals surface area contributed by atoms with Crippen LogP contribution in [0.3, 0.4) is 0 Å². The zero-order valence-corrected chi connectivity index (χ0v) is 19.2. The molecule has 16 nitrogen and oxygen atoms in total. The third-order valence-electron chi connectivity index (χ3n) is 4.86. The number of aliphatic hydroxyl groups excluding tert-OH is 2. The van der Waals surface area contributed by atoms with E-state index in [2.05, 4.69) is 20.8 Å². The molecule has 0 fully saturated rings. The van der Waals surface area contributed by atoms with Gasteiger partial charge in [-0.2, -0.15) is 4.98 Å². The van der Waals surface area contributed by atoms with E-state index in [-0.39, 0.29) is 24.6 Å². The first-order chi connectivity index (χ1) is 16.5. The molecule has 0 aromatic carbocycles. The summed E-state index contributed by atoms with van der Waals surface area (Å²) in [5.41, 5.74) is 11.5. The first-order valence-electron chi connectivity index (χ1n) is 10.9. The number of amides is 3. The van der Waals surface area contributed by atoms with E-state index < -0.39 is 60.8 Å². The first kappa shape index (κ1) is 29.7. The maximum absolute atomic E-state index is 12.5. The molecule has 35 heavy (non-hydrogen) atoms. The van der Waals surface area contributed by atoms with E-state index in [0.717, 1.165) is 19.8 Å². The fraction of sp³-hybridized carbons (Fsp3) is 0.684. The lowest BCUT2D eigenvalue weighted by atomic mass is 10.1. The number of aromatic nitrogens is 2. The van der Waals surface area contributed by atoms with Crippen LogP contribution in [0.2, 0.25) is 0 Å². The average Bonchev–Trinajstić information content (AvgIpc) is 3.28. The smallest absolute Gasteiger partial charge is 0.328 e. The molecule has 11 N–H and O–H groups in total. The lowest BCUT2D eigenvalue weighted by molar-refractivity contribution is -0.145. The Morgan fingerprint density at radius 2 is 1.77 bits per heavy atom. The number of carboxylic acids is 2. The van der Waals surface area contributed by atoms with Gasteiger partial charge in [0.15, 0.2) is 11.9 Å². The van der Waals surface area contributed by atoms with Gasteiger partial charge in [-0.05, 0) is 32.7 Å². The molecule has 1 aromatic heterocycles. The standard InChI is InChI=1S/C19H33N7O9/c1-9(28)14(18(32)33)24-16(31)12(8-27)23-19(34)22-11(5-6-13(29)30)17-25-15(26-35-17)10(21)4-2-3-7-20/h9-12,14,27-28H,2-8,20-21H2,1H3,(H,24,31)(H,29,30)(H,32,33)(H2,22,23,34)/t9?,10-,11-,12-,14-/m0/s1. The Balaban J connectivity index is 2.88. The summed E-state index contributed by atoms with van der Waals surface area (Å²) in [5.74, 6) is -3.69. The molecule has 5 atom stereocenters. The Labute approximate surface area is 200 Å². The van der Waals surface area contributed by atoms with Crippen LogP contribution in [0.15, 0.2) is 4.52 Å². The number of carboxylic acid groups (broad SMARTS) is 2. The van der Waals surface area contributed by atoms with Crippen molar-refractivity contribution < 1.29 is 44.1 Å². The molecule has 1 unspecified atom stereocenters. The number of urea groups is 1. The second kappa shape index (κ2) is 14.8. The Bertz CT molecular complexity index is 848. The van der Waals surface area contributed by atoms with Crippen molar-refractivity contribution in [3.05, 3.63) is 11.7 Å². The summed E-state index contributed by atoms with van der Waals surface area (Å²) in [5, 5.41) is 47.3. The molecule has 3 amide bonds. The number of aliphatic hydroxyl groups is 2. The monoisotopic (exact) mass is 503 g/mol. The largest absolute Gasteiger partial charge is 0.481 e. The van der Waals surface area contributed by atoms with Gasteiger partial charge in [-0.25, -0.2) is 9.59 Å². The third kappa shape index (κ3) is 10.2. The van der Waals surface area contributed by atoms with Crippen LogP contribution in [-0.4, -0.2) is 85.8 Å². The minimum atomic E-state index is -1.67. The highest BCUT2D eigenvalue weighted by Gasteiger charge is 2.30. The van der Waals surface area contributed by atoms with Crippen molar-refractivity contribution in [2.24, 2.45) is 11.5 Å². The summed E-state index contributed by atoms with van der Waals surface area (Å²) in [6.07, 6.45) is 0.0493. The van der Waals surface area contributed by atoms with Gasteiger partial charge in [-0.15, -0.1) is 0 Å². The number of nitrogens with two attached hydrogens (primary N) is 2. The average molecular weight is 504 g/mol. The molecule has 16 heteroatoms. The van der Waals surface area contributed by atoms with Crippen molar-refractivity contribution in [3.63, 3.8) is 0 Å². The SMILES string of the molecule is CC(O)[C@H](NC(=O)[C@H](CO)NC(=O)N[C@@H](CCC(=O)O)c1nc([C@@H](N)CCCCN)no1)C(=O)O. The van der Waals surface area contributed by atoms with Crippen LogP contribution in [0.1, 0.15) is 62.8 Å². The molecular weight excluding hydrogens is 470 g/mol. The van der Waals surface area contributed by atoms with E-state index in [4.69, 9.17) is 26.2 Å². The predicted octanol–water partition coefficient (Wildman–Crippen LogP) is -2.29. The number of hydrogen-bond donors (Lipinski definition) is 9. The molecule has 1 rings (SSSR count). The number of carbonyl (C=O) groups excluding carboxylic acids is 2.